The van der Waals surface area contributed by atoms with Gasteiger partial charge in [-0.25, -0.2) is 4.79 Å². The molecule has 0 saturated heterocycles. The Kier molecular flexibility index (Phi) is 5.74. The number of carbonyl (C=O) groups is 2. The first-order valence-electron chi connectivity index (χ1n) is 7.47. The molecular weight excluding hydrogens is 342 g/mol. The van der Waals surface area contributed by atoms with Crippen LogP contribution in [0.2, 0.25) is 0 Å². The van der Waals surface area contributed by atoms with Gasteiger partial charge in [0, 0.05) is 6.07 Å². The largest absolute Gasteiger partial charge is 0.495 e. The molecule has 26 heavy (non-hydrogen) atoms. The van der Waals surface area contributed by atoms with Crippen LogP contribution in [0, 0.1) is 17.0 Å². The van der Waals surface area contributed by atoms with E-state index in [0.717, 1.165) is 11.6 Å². The Morgan fingerprint density at radius 2 is 1.96 bits per heavy atom. The molecule has 0 aliphatic rings. The predicted molar refractivity (Wildman–Crippen MR) is 94.2 cm³/mol. The number of nitro benzene ring substituents is 1. The van der Waals surface area contributed by atoms with E-state index in [2.05, 4.69) is 5.32 Å². The smallest absolute Gasteiger partial charge is 0.338 e. The highest BCUT2D eigenvalue weighted by Gasteiger charge is 2.18. The minimum atomic E-state index is -0.876. The third-order valence-corrected chi connectivity index (χ3v) is 3.43. The number of amides is 1. The van der Waals surface area contributed by atoms with E-state index in [1.807, 2.05) is 13.0 Å². The van der Waals surface area contributed by atoms with Crippen molar-refractivity contribution in [2.24, 2.45) is 0 Å². The number of hydrogen-bond acceptors (Lipinski definition) is 7. The van der Waals surface area contributed by atoms with Crippen molar-refractivity contribution in [2.75, 3.05) is 24.8 Å². The number of methoxy groups -OCH3 is 1. The molecule has 3 N–H and O–H groups in total. The molecule has 0 radical (unpaired) electrons. The van der Waals surface area contributed by atoms with Gasteiger partial charge in [-0.2, -0.15) is 0 Å². The molecule has 0 aliphatic carbocycles. The van der Waals surface area contributed by atoms with Crippen molar-refractivity contribution in [3.63, 3.8) is 0 Å². The average Bonchev–Trinajstić information content (AvgIpc) is 2.60. The van der Waals surface area contributed by atoms with E-state index >= 15 is 0 Å². The second-order valence-corrected chi connectivity index (χ2v) is 5.36. The summed E-state index contributed by atoms with van der Waals surface area (Å²) in [6, 6.07) is 8.74. The molecule has 9 nitrogen and oxygen atoms in total. The molecule has 0 atom stereocenters. The minimum absolute atomic E-state index is 0.0733. The van der Waals surface area contributed by atoms with Crippen molar-refractivity contribution in [3.8, 4) is 5.75 Å². The van der Waals surface area contributed by atoms with Crippen LogP contribution in [-0.2, 0) is 9.53 Å². The van der Waals surface area contributed by atoms with Crippen molar-refractivity contribution in [1.82, 2.24) is 0 Å². The van der Waals surface area contributed by atoms with Crippen LogP contribution >= 0.6 is 0 Å². The average molecular weight is 359 g/mol. The van der Waals surface area contributed by atoms with Crippen LogP contribution in [0.5, 0.6) is 5.75 Å². The van der Waals surface area contributed by atoms with Gasteiger partial charge >= 0.3 is 5.97 Å². The fourth-order valence-corrected chi connectivity index (χ4v) is 2.15. The van der Waals surface area contributed by atoms with E-state index in [1.54, 1.807) is 12.1 Å². The summed E-state index contributed by atoms with van der Waals surface area (Å²) in [7, 11) is 1.47. The zero-order chi connectivity index (χ0) is 19.3. The first-order valence-corrected chi connectivity index (χ1v) is 7.47. The molecule has 1 amide bonds. The number of nitrogens with two attached hydrogens (primary N) is 1. The van der Waals surface area contributed by atoms with Crippen LogP contribution in [0.25, 0.3) is 0 Å². The lowest BCUT2D eigenvalue weighted by atomic mass is 10.2. The maximum atomic E-state index is 12.0. The maximum absolute atomic E-state index is 12.0. The van der Waals surface area contributed by atoms with E-state index < -0.39 is 29.1 Å². The summed E-state index contributed by atoms with van der Waals surface area (Å²) in [5, 5.41) is 13.4. The highest BCUT2D eigenvalue weighted by atomic mass is 16.6. The molecule has 0 fully saturated rings. The Morgan fingerprint density at radius 1 is 1.23 bits per heavy atom. The molecular formula is C17H17N3O6. The summed E-state index contributed by atoms with van der Waals surface area (Å²) < 4.78 is 10.0. The van der Waals surface area contributed by atoms with E-state index in [9.17, 15) is 19.7 Å². The SMILES string of the molecule is COc1ccc(C)cc1NC(=O)COC(=O)c1ccc(N)c([N+](=O)[O-])c1. The summed E-state index contributed by atoms with van der Waals surface area (Å²) in [5.74, 6) is -0.990. The van der Waals surface area contributed by atoms with Gasteiger partial charge in [0.25, 0.3) is 11.6 Å². The number of hydrogen-bond donors (Lipinski definition) is 2. The van der Waals surface area contributed by atoms with Gasteiger partial charge in [0.2, 0.25) is 0 Å². The first-order chi connectivity index (χ1) is 12.3. The van der Waals surface area contributed by atoms with Crippen LogP contribution < -0.4 is 15.8 Å². The summed E-state index contributed by atoms with van der Waals surface area (Å²) in [4.78, 5) is 34.1. The molecule has 0 bridgehead atoms. The molecule has 0 heterocycles. The van der Waals surface area contributed by atoms with Gasteiger partial charge in [-0.1, -0.05) is 6.07 Å². The number of ether oxygens (including phenoxy) is 2. The summed E-state index contributed by atoms with van der Waals surface area (Å²) in [6.45, 7) is 1.29. The number of carbonyl (C=O) groups excluding carboxylic acids is 2. The van der Waals surface area contributed by atoms with Crippen LogP contribution in [-0.4, -0.2) is 30.5 Å². The minimum Gasteiger partial charge on any atom is -0.495 e. The third-order valence-electron chi connectivity index (χ3n) is 3.43. The lowest BCUT2D eigenvalue weighted by molar-refractivity contribution is -0.383. The number of nitrogens with one attached hydrogen (secondary N) is 1. The number of aryl methyl sites for hydroxylation is 1. The Hall–Kier alpha value is -3.62. The normalized spacial score (nSPS) is 10.1. The molecule has 0 aliphatic heterocycles. The quantitative estimate of drug-likeness (QED) is 0.350. The van der Waals surface area contributed by atoms with Gasteiger partial charge in [-0.3, -0.25) is 14.9 Å². The van der Waals surface area contributed by atoms with Crippen LogP contribution in [0.4, 0.5) is 17.1 Å². The Morgan fingerprint density at radius 3 is 2.62 bits per heavy atom. The summed E-state index contributed by atoms with van der Waals surface area (Å²) in [5.41, 5.74) is 6.26. The number of esters is 1. The highest BCUT2D eigenvalue weighted by Crippen LogP contribution is 2.25. The van der Waals surface area contributed by atoms with E-state index in [1.165, 1.54) is 19.2 Å². The fourth-order valence-electron chi connectivity index (χ4n) is 2.15. The number of nitrogens with zero attached hydrogens (tertiary/aromatic N) is 1. The van der Waals surface area contributed by atoms with Gasteiger partial charge in [0.05, 0.1) is 23.3 Å². The monoisotopic (exact) mass is 359 g/mol. The van der Waals surface area contributed by atoms with Crippen molar-refractivity contribution in [3.05, 3.63) is 57.6 Å². The zero-order valence-corrected chi connectivity index (χ0v) is 14.1. The van der Waals surface area contributed by atoms with Crippen LogP contribution in [0.15, 0.2) is 36.4 Å². The maximum Gasteiger partial charge on any atom is 0.338 e. The zero-order valence-electron chi connectivity index (χ0n) is 14.1. The van der Waals surface area contributed by atoms with Gasteiger partial charge in [-0.15, -0.1) is 0 Å². The van der Waals surface area contributed by atoms with Gasteiger partial charge in [-0.05, 0) is 36.8 Å². The van der Waals surface area contributed by atoms with Crippen molar-refractivity contribution < 1.29 is 24.0 Å². The number of anilines is 2. The molecule has 0 aromatic heterocycles. The van der Waals surface area contributed by atoms with Crippen molar-refractivity contribution in [2.45, 2.75) is 6.92 Å². The second-order valence-electron chi connectivity index (χ2n) is 5.36. The molecule has 0 saturated carbocycles. The molecule has 2 rings (SSSR count). The van der Waals surface area contributed by atoms with Crippen molar-refractivity contribution >= 4 is 28.9 Å². The van der Waals surface area contributed by atoms with E-state index in [0.29, 0.717) is 11.4 Å². The topological polar surface area (TPSA) is 134 Å². The van der Waals surface area contributed by atoms with Gasteiger partial charge < -0.3 is 20.5 Å². The molecule has 0 unspecified atom stereocenters. The van der Waals surface area contributed by atoms with Gasteiger partial charge in [0.1, 0.15) is 11.4 Å². The van der Waals surface area contributed by atoms with Crippen LogP contribution in [0.3, 0.4) is 0 Å². The van der Waals surface area contributed by atoms with E-state index in [4.69, 9.17) is 15.2 Å². The van der Waals surface area contributed by atoms with E-state index in [-0.39, 0.29) is 11.3 Å². The lowest BCUT2D eigenvalue weighted by Crippen LogP contribution is -2.21. The lowest BCUT2D eigenvalue weighted by Gasteiger charge is -2.11. The molecule has 2 aromatic carbocycles. The predicted octanol–water partition coefficient (Wildman–Crippen LogP) is 2.29. The highest BCUT2D eigenvalue weighted by molar-refractivity contribution is 5.97. The summed E-state index contributed by atoms with van der Waals surface area (Å²) >= 11 is 0. The number of rotatable bonds is 6. The van der Waals surface area contributed by atoms with Gasteiger partial charge in [0.15, 0.2) is 6.61 Å². The fraction of sp³-hybridized carbons (Fsp3) is 0.176. The number of nitro groups is 1. The molecule has 136 valence electrons. The Labute approximate surface area is 148 Å². The Bertz CT molecular complexity index is 866. The first kappa shape index (κ1) is 18.7. The van der Waals surface area contributed by atoms with Crippen molar-refractivity contribution in [1.29, 1.82) is 0 Å². The molecule has 9 heteroatoms. The summed E-state index contributed by atoms with van der Waals surface area (Å²) in [6.07, 6.45) is 0. The number of benzene rings is 2. The molecule has 0 spiro atoms. The molecule has 2 aromatic rings. The van der Waals surface area contributed by atoms with Crippen LogP contribution in [0.1, 0.15) is 15.9 Å². The number of nitrogen functional groups attached to an aromatic ring is 1. The third kappa shape index (κ3) is 4.47. The Balaban J connectivity index is 2.01. The standard InChI is InChI=1S/C17H17N3O6/c1-10-3-6-15(25-2)13(7-10)19-16(21)9-26-17(22)11-4-5-12(18)14(8-11)20(23)24/h3-8H,9,18H2,1-2H3,(H,19,21). The second kappa shape index (κ2) is 7.97.